The average Bonchev–Trinajstić information content (AvgIpc) is 2.29. The SMILES string of the molecule is O=C(O)c1ccc(C2CCC(F)(F)CC2)cc1. The van der Waals surface area contributed by atoms with Crippen LogP contribution in [0.4, 0.5) is 8.78 Å². The molecule has 0 spiro atoms. The van der Waals surface area contributed by atoms with Crippen LogP contribution in [0.3, 0.4) is 0 Å². The van der Waals surface area contributed by atoms with Gasteiger partial charge in [-0.1, -0.05) is 12.1 Å². The summed E-state index contributed by atoms with van der Waals surface area (Å²) in [5.74, 6) is -3.35. The largest absolute Gasteiger partial charge is 0.478 e. The van der Waals surface area contributed by atoms with Gasteiger partial charge in [-0.3, -0.25) is 0 Å². The smallest absolute Gasteiger partial charge is 0.335 e. The lowest BCUT2D eigenvalue weighted by atomic mass is 9.82. The molecule has 1 aliphatic rings. The van der Waals surface area contributed by atoms with Crippen LogP contribution in [-0.4, -0.2) is 17.0 Å². The van der Waals surface area contributed by atoms with Gasteiger partial charge < -0.3 is 5.11 Å². The number of carbonyl (C=O) groups is 1. The molecular formula is C13H14F2O2. The second-order valence-electron chi connectivity index (χ2n) is 4.56. The van der Waals surface area contributed by atoms with Gasteiger partial charge in [0.15, 0.2) is 0 Å². The number of hydrogen-bond donors (Lipinski definition) is 1. The van der Waals surface area contributed by atoms with Crippen molar-refractivity contribution in [2.75, 3.05) is 0 Å². The van der Waals surface area contributed by atoms with Crippen molar-refractivity contribution in [2.45, 2.75) is 37.5 Å². The molecule has 1 aliphatic carbocycles. The number of alkyl halides is 2. The molecule has 0 unspecified atom stereocenters. The number of aromatic carboxylic acids is 1. The van der Waals surface area contributed by atoms with Gasteiger partial charge in [-0.25, -0.2) is 13.6 Å². The molecule has 1 aromatic rings. The predicted molar refractivity (Wildman–Crippen MR) is 59.6 cm³/mol. The van der Waals surface area contributed by atoms with Crippen LogP contribution in [0.15, 0.2) is 24.3 Å². The Morgan fingerprint density at radius 3 is 2.18 bits per heavy atom. The summed E-state index contributed by atoms with van der Waals surface area (Å²) in [6, 6.07) is 6.53. The Kier molecular flexibility index (Phi) is 3.13. The monoisotopic (exact) mass is 240 g/mol. The minimum absolute atomic E-state index is 0.0711. The van der Waals surface area contributed by atoms with E-state index in [-0.39, 0.29) is 24.3 Å². The third-order valence-corrected chi connectivity index (χ3v) is 3.35. The van der Waals surface area contributed by atoms with Gasteiger partial charge in [0.05, 0.1) is 5.56 Å². The van der Waals surface area contributed by atoms with E-state index in [9.17, 15) is 13.6 Å². The summed E-state index contributed by atoms with van der Waals surface area (Å²) in [5.41, 5.74) is 1.19. The summed E-state index contributed by atoms with van der Waals surface area (Å²) in [7, 11) is 0. The van der Waals surface area contributed by atoms with E-state index in [1.54, 1.807) is 12.1 Å². The highest BCUT2D eigenvalue weighted by molar-refractivity contribution is 5.87. The maximum absolute atomic E-state index is 13.0. The fraction of sp³-hybridized carbons (Fsp3) is 0.462. The van der Waals surface area contributed by atoms with Crippen LogP contribution in [0.2, 0.25) is 0 Å². The molecule has 1 fully saturated rings. The predicted octanol–water partition coefficient (Wildman–Crippen LogP) is 3.68. The maximum atomic E-state index is 13.0. The van der Waals surface area contributed by atoms with Gasteiger partial charge in [-0.05, 0) is 36.5 Å². The van der Waals surface area contributed by atoms with Gasteiger partial charge in [0.2, 0.25) is 5.92 Å². The first kappa shape index (κ1) is 12.0. The normalized spacial score (nSPS) is 20.1. The van der Waals surface area contributed by atoms with Crippen molar-refractivity contribution in [3.63, 3.8) is 0 Å². The number of rotatable bonds is 2. The van der Waals surface area contributed by atoms with E-state index >= 15 is 0 Å². The Hall–Kier alpha value is -1.45. The lowest BCUT2D eigenvalue weighted by molar-refractivity contribution is -0.0382. The number of carboxylic acid groups (broad SMARTS) is 1. The van der Waals surface area contributed by atoms with Crippen molar-refractivity contribution >= 4 is 5.97 Å². The molecule has 1 saturated carbocycles. The summed E-state index contributed by atoms with van der Waals surface area (Å²) in [6.45, 7) is 0. The highest BCUT2D eigenvalue weighted by atomic mass is 19.3. The molecule has 0 aromatic heterocycles. The summed E-state index contributed by atoms with van der Waals surface area (Å²) in [6.07, 6.45) is 0.801. The number of hydrogen-bond acceptors (Lipinski definition) is 1. The number of halogens is 2. The van der Waals surface area contributed by atoms with Gasteiger partial charge in [0.1, 0.15) is 0 Å². The zero-order valence-electron chi connectivity index (χ0n) is 9.33. The molecule has 0 aliphatic heterocycles. The molecule has 1 aromatic carbocycles. The molecule has 0 atom stereocenters. The highest BCUT2D eigenvalue weighted by Crippen LogP contribution is 2.40. The first-order valence-corrected chi connectivity index (χ1v) is 5.69. The van der Waals surface area contributed by atoms with Crippen LogP contribution in [0.1, 0.15) is 47.5 Å². The van der Waals surface area contributed by atoms with Crippen molar-refractivity contribution in [3.05, 3.63) is 35.4 Å². The molecule has 2 rings (SSSR count). The molecule has 0 radical (unpaired) electrons. The van der Waals surface area contributed by atoms with Gasteiger partial charge in [0, 0.05) is 12.8 Å². The average molecular weight is 240 g/mol. The van der Waals surface area contributed by atoms with Gasteiger partial charge >= 0.3 is 5.97 Å². The van der Waals surface area contributed by atoms with Crippen LogP contribution >= 0.6 is 0 Å². The zero-order chi connectivity index (χ0) is 12.5. The van der Waals surface area contributed by atoms with Crippen LogP contribution < -0.4 is 0 Å². The van der Waals surface area contributed by atoms with Gasteiger partial charge in [0.25, 0.3) is 0 Å². The van der Waals surface area contributed by atoms with Crippen LogP contribution in [0.5, 0.6) is 0 Å². The van der Waals surface area contributed by atoms with Crippen LogP contribution in [0.25, 0.3) is 0 Å². The lowest BCUT2D eigenvalue weighted by Gasteiger charge is -2.28. The Balaban J connectivity index is 2.06. The minimum Gasteiger partial charge on any atom is -0.478 e. The molecular weight excluding hydrogens is 226 g/mol. The minimum atomic E-state index is -2.52. The molecule has 1 N–H and O–H groups in total. The van der Waals surface area contributed by atoms with Crippen molar-refractivity contribution in [1.82, 2.24) is 0 Å². The van der Waals surface area contributed by atoms with E-state index < -0.39 is 11.9 Å². The molecule has 2 nitrogen and oxygen atoms in total. The molecule has 92 valence electrons. The maximum Gasteiger partial charge on any atom is 0.335 e. The number of benzene rings is 1. The van der Waals surface area contributed by atoms with Crippen molar-refractivity contribution in [2.24, 2.45) is 0 Å². The third-order valence-electron chi connectivity index (χ3n) is 3.35. The standard InChI is InChI=1S/C13H14F2O2/c14-13(15)7-5-10(6-8-13)9-1-3-11(4-2-9)12(16)17/h1-4,10H,5-8H2,(H,16,17). The summed E-state index contributed by atoms with van der Waals surface area (Å²) >= 11 is 0. The fourth-order valence-corrected chi connectivity index (χ4v) is 2.27. The van der Waals surface area contributed by atoms with Crippen molar-refractivity contribution in [1.29, 1.82) is 0 Å². The Labute approximate surface area is 98.3 Å². The Bertz CT molecular complexity index is 402. The lowest BCUT2D eigenvalue weighted by Crippen LogP contribution is -2.23. The number of carboxylic acids is 1. The van der Waals surface area contributed by atoms with E-state index in [1.165, 1.54) is 12.1 Å². The van der Waals surface area contributed by atoms with Gasteiger partial charge in [-0.2, -0.15) is 0 Å². The zero-order valence-corrected chi connectivity index (χ0v) is 9.33. The second-order valence-corrected chi connectivity index (χ2v) is 4.56. The Morgan fingerprint density at radius 2 is 1.71 bits per heavy atom. The summed E-state index contributed by atoms with van der Waals surface area (Å²) in [4.78, 5) is 10.7. The summed E-state index contributed by atoms with van der Waals surface area (Å²) < 4.78 is 26.0. The summed E-state index contributed by atoms with van der Waals surface area (Å²) in [5, 5.41) is 8.76. The van der Waals surface area contributed by atoms with Gasteiger partial charge in [-0.15, -0.1) is 0 Å². The van der Waals surface area contributed by atoms with Crippen LogP contribution in [0, 0.1) is 0 Å². The van der Waals surface area contributed by atoms with E-state index in [0.29, 0.717) is 12.8 Å². The topological polar surface area (TPSA) is 37.3 Å². The first-order chi connectivity index (χ1) is 7.98. The Morgan fingerprint density at radius 1 is 1.18 bits per heavy atom. The molecule has 4 heteroatoms. The van der Waals surface area contributed by atoms with E-state index in [1.807, 2.05) is 0 Å². The molecule has 0 saturated heterocycles. The molecule has 0 amide bonds. The fourth-order valence-electron chi connectivity index (χ4n) is 2.27. The van der Waals surface area contributed by atoms with Crippen LogP contribution in [-0.2, 0) is 0 Å². The second kappa shape index (κ2) is 4.43. The third kappa shape index (κ3) is 2.81. The first-order valence-electron chi connectivity index (χ1n) is 5.69. The van der Waals surface area contributed by atoms with Crippen molar-refractivity contribution < 1.29 is 18.7 Å². The van der Waals surface area contributed by atoms with E-state index in [2.05, 4.69) is 0 Å². The molecule has 17 heavy (non-hydrogen) atoms. The molecule has 0 heterocycles. The molecule has 0 bridgehead atoms. The van der Waals surface area contributed by atoms with E-state index in [0.717, 1.165) is 5.56 Å². The van der Waals surface area contributed by atoms with Crippen molar-refractivity contribution in [3.8, 4) is 0 Å². The highest BCUT2D eigenvalue weighted by Gasteiger charge is 2.35. The van der Waals surface area contributed by atoms with E-state index in [4.69, 9.17) is 5.11 Å². The quantitative estimate of drug-likeness (QED) is 0.856.